The largest absolute Gasteiger partial charge is 0.444 e. The summed E-state index contributed by atoms with van der Waals surface area (Å²) in [4.78, 5) is 37.6. The third-order valence-electron chi connectivity index (χ3n) is 3.59. The number of alkyl carbamates (subject to hydrolysis) is 1. The summed E-state index contributed by atoms with van der Waals surface area (Å²) in [5.41, 5.74) is -0.614. The van der Waals surface area contributed by atoms with Gasteiger partial charge in [0.05, 0.1) is 0 Å². The number of hydrogen-bond acceptors (Lipinski definition) is 5. The molecule has 24 heavy (non-hydrogen) atoms. The number of carbonyl (C=O) groups excluding carboxylic acids is 3. The van der Waals surface area contributed by atoms with Crippen LogP contribution in [-0.4, -0.2) is 66.1 Å². The number of rotatable bonds is 6. The van der Waals surface area contributed by atoms with Crippen molar-refractivity contribution in [1.29, 1.82) is 0 Å². The molecule has 0 aromatic rings. The Morgan fingerprint density at radius 3 is 2.62 bits per heavy atom. The van der Waals surface area contributed by atoms with Crippen molar-refractivity contribution in [3.05, 3.63) is 0 Å². The lowest BCUT2D eigenvalue weighted by atomic mass is 10.0. The minimum absolute atomic E-state index is 0.0857. The van der Waals surface area contributed by atoms with Crippen LogP contribution in [0, 0.1) is 0 Å². The van der Waals surface area contributed by atoms with Gasteiger partial charge in [0.25, 0.3) is 0 Å². The van der Waals surface area contributed by atoms with Crippen LogP contribution in [0.4, 0.5) is 4.79 Å². The number of likely N-dealkylation sites (tertiary alicyclic amines) is 1. The van der Waals surface area contributed by atoms with Crippen molar-refractivity contribution < 1.29 is 19.1 Å². The molecular weight excluding hydrogens is 330 g/mol. The van der Waals surface area contributed by atoms with Crippen LogP contribution < -0.4 is 10.6 Å². The maximum absolute atomic E-state index is 12.5. The molecule has 0 unspecified atom stereocenters. The van der Waals surface area contributed by atoms with Crippen LogP contribution in [0.3, 0.4) is 0 Å². The number of amides is 3. The van der Waals surface area contributed by atoms with Gasteiger partial charge in [0, 0.05) is 26.1 Å². The van der Waals surface area contributed by atoms with Gasteiger partial charge in [-0.3, -0.25) is 9.59 Å². The summed E-state index contributed by atoms with van der Waals surface area (Å²) in [7, 11) is 1.73. The van der Waals surface area contributed by atoms with Gasteiger partial charge in [0.1, 0.15) is 11.6 Å². The average molecular weight is 359 g/mol. The van der Waals surface area contributed by atoms with E-state index in [0.29, 0.717) is 25.8 Å². The zero-order valence-electron chi connectivity index (χ0n) is 15.2. The molecule has 0 radical (unpaired) electrons. The summed E-state index contributed by atoms with van der Waals surface area (Å²) in [5.74, 6) is 0.602. The highest BCUT2D eigenvalue weighted by Crippen LogP contribution is 2.11. The molecule has 8 heteroatoms. The van der Waals surface area contributed by atoms with E-state index in [4.69, 9.17) is 4.74 Å². The highest BCUT2D eigenvalue weighted by molar-refractivity contribution is 7.98. The summed E-state index contributed by atoms with van der Waals surface area (Å²) in [5, 5.41) is 5.59. The van der Waals surface area contributed by atoms with Gasteiger partial charge >= 0.3 is 6.09 Å². The second-order valence-corrected chi connectivity index (χ2v) is 7.98. The number of hydrogen-bond donors (Lipinski definition) is 2. The fraction of sp³-hybridized carbons (Fsp3) is 0.812. The summed E-state index contributed by atoms with van der Waals surface area (Å²) < 4.78 is 5.23. The molecule has 7 nitrogen and oxygen atoms in total. The molecular formula is C16H29N3O4S. The summed E-state index contributed by atoms with van der Waals surface area (Å²) in [6.07, 6.45) is 2.92. The molecule has 0 bridgehead atoms. The van der Waals surface area contributed by atoms with Crippen molar-refractivity contribution in [2.75, 3.05) is 25.6 Å². The van der Waals surface area contributed by atoms with Crippen LogP contribution in [0.1, 0.15) is 40.0 Å². The Labute approximate surface area is 148 Å². The number of piperidine rings is 1. The van der Waals surface area contributed by atoms with Crippen LogP contribution >= 0.6 is 11.8 Å². The van der Waals surface area contributed by atoms with E-state index in [9.17, 15) is 14.4 Å². The van der Waals surface area contributed by atoms with Gasteiger partial charge in [-0.2, -0.15) is 11.8 Å². The predicted octanol–water partition coefficient (Wildman–Crippen LogP) is 1.37. The third-order valence-corrected chi connectivity index (χ3v) is 4.24. The van der Waals surface area contributed by atoms with Crippen molar-refractivity contribution in [2.45, 2.75) is 57.7 Å². The van der Waals surface area contributed by atoms with Crippen molar-refractivity contribution in [2.24, 2.45) is 0 Å². The smallest absolute Gasteiger partial charge is 0.408 e. The first-order chi connectivity index (χ1) is 11.1. The minimum atomic E-state index is -0.643. The molecule has 1 rings (SSSR count). The van der Waals surface area contributed by atoms with Crippen LogP contribution in [-0.2, 0) is 14.3 Å². The molecule has 2 atom stereocenters. The van der Waals surface area contributed by atoms with Gasteiger partial charge < -0.3 is 20.3 Å². The topological polar surface area (TPSA) is 87.7 Å². The average Bonchev–Trinajstić information content (AvgIpc) is 2.45. The maximum Gasteiger partial charge on any atom is 0.408 e. The first-order valence-corrected chi connectivity index (χ1v) is 9.54. The Balaban J connectivity index is 2.60. The van der Waals surface area contributed by atoms with Gasteiger partial charge in [-0.25, -0.2) is 4.79 Å². The Hall–Kier alpha value is -1.44. The molecule has 0 aromatic heterocycles. The molecule has 1 fully saturated rings. The van der Waals surface area contributed by atoms with E-state index in [1.807, 2.05) is 6.26 Å². The molecule has 1 heterocycles. The lowest BCUT2D eigenvalue weighted by Gasteiger charge is -2.31. The number of carbonyl (C=O) groups is 3. The summed E-state index contributed by atoms with van der Waals surface area (Å²) >= 11 is 1.61. The number of ether oxygens (including phenoxy) is 1. The van der Waals surface area contributed by atoms with E-state index < -0.39 is 17.7 Å². The maximum atomic E-state index is 12.5. The zero-order valence-corrected chi connectivity index (χ0v) is 16.0. The lowest BCUT2D eigenvalue weighted by Crippen LogP contribution is -2.54. The van der Waals surface area contributed by atoms with E-state index in [2.05, 4.69) is 10.6 Å². The van der Waals surface area contributed by atoms with Gasteiger partial charge in [-0.15, -0.1) is 0 Å². The molecule has 0 aromatic carbocycles. The van der Waals surface area contributed by atoms with Crippen LogP contribution in [0.2, 0.25) is 0 Å². The van der Waals surface area contributed by atoms with Gasteiger partial charge in [0.2, 0.25) is 11.8 Å². The second-order valence-electron chi connectivity index (χ2n) is 7.00. The Kier molecular flexibility index (Phi) is 7.86. The summed E-state index contributed by atoms with van der Waals surface area (Å²) in [6.45, 7) is 5.82. The predicted molar refractivity (Wildman–Crippen MR) is 95.0 cm³/mol. The van der Waals surface area contributed by atoms with Crippen molar-refractivity contribution in [1.82, 2.24) is 15.5 Å². The number of nitrogens with zero attached hydrogens (tertiary/aromatic N) is 1. The first kappa shape index (κ1) is 20.6. The summed E-state index contributed by atoms with van der Waals surface area (Å²) in [6, 6.07) is -0.729. The molecule has 0 spiro atoms. The molecule has 0 aliphatic carbocycles. The Morgan fingerprint density at radius 2 is 2.08 bits per heavy atom. The molecule has 1 saturated heterocycles. The lowest BCUT2D eigenvalue weighted by molar-refractivity contribution is -0.134. The number of nitrogens with one attached hydrogen (secondary N) is 2. The van der Waals surface area contributed by atoms with Crippen LogP contribution in [0.25, 0.3) is 0 Å². The SMILES string of the molecule is CSCC[C@H](NC(=O)OC(C)(C)C)C(=O)N[C@H]1CCC(=O)N(C)C1. The Bertz CT molecular complexity index is 465. The molecule has 2 N–H and O–H groups in total. The second kappa shape index (κ2) is 9.15. The zero-order chi connectivity index (χ0) is 18.3. The highest BCUT2D eigenvalue weighted by atomic mass is 32.2. The molecule has 138 valence electrons. The molecule has 0 saturated carbocycles. The first-order valence-electron chi connectivity index (χ1n) is 8.15. The molecule has 1 aliphatic rings. The third kappa shape index (κ3) is 7.42. The Morgan fingerprint density at radius 1 is 1.42 bits per heavy atom. The van der Waals surface area contributed by atoms with Crippen LogP contribution in [0.15, 0.2) is 0 Å². The normalized spacial score (nSPS) is 19.6. The van der Waals surface area contributed by atoms with Gasteiger partial charge in [-0.1, -0.05) is 0 Å². The van der Waals surface area contributed by atoms with E-state index in [-0.39, 0.29) is 17.9 Å². The highest BCUT2D eigenvalue weighted by Gasteiger charge is 2.28. The number of thioether (sulfide) groups is 1. The van der Waals surface area contributed by atoms with Crippen LogP contribution in [0.5, 0.6) is 0 Å². The quantitative estimate of drug-likeness (QED) is 0.748. The monoisotopic (exact) mass is 359 g/mol. The molecule has 1 aliphatic heterocycles. The number of likely N-dealkylation sites (N-methyl/N-ethyl adjacent to an activating group) is 1. The van der Waals surface area contributed by atoms with E-state index in [1.165, 1.54) is 0 Å². The van der Waals surface area contributed by atoms with Gasteiger partial charge in [-0.05, 0) is 45.6 Å². The molecule has 3 amide bonds. The van der Waals surface area contributed by atoms with Crippen molar-refractivity contribution >= 4 is 29.7 Å². The van der Waals surface area contributed by atoms with Crippen molar-refractivity contribution in [3.8, 4) is 0 Å². The van der Waals surface area contributed by atoms with E-state index >= 15 is 0 Å². The standard InChI is InChI=1S/C16H29N3O4S/c1-16(2,3)23-15(22)18-12(8-9-24-5)14(21)17-11-6-7-13(20)19(4)10-11/h11-12H,6-10H2,1-5H3,(H,17,21)(H,18,22)/t11-,12-/m0/s1. The van der Waals surface area contributed by atoms with Gasteiger partial charge in [0.15, 0.2) is 0 Å². The van der Waals surface area contributed by atoms with Crippen molar-refractivity contribution in [3.63, 3.8) is 0 Å². The fourth-order valence-corrected chi connectivity index (χ4v) is 2.86. The van der Waals surface area contributed by atoms with E-state index in [0.717, 1.165) is 5.75 Å². The fourth-order valence-electron chi connectivity index (χ4n) is 2.39. The van der Waals surface area contributed by atoms with E-state index in [1.54, 1.807) is 44.5 Å². The minimum Gasteiger partial charge on any atom is -0.444 e.